The number of nitrogens with zero attached hydrogens (tertiary/aromatic N) is 4. The van der Waals surface area contributed by atoms with Crippen LogP contribution in [-0.2, 0) is 11.3 Å². The molecule has 1 fully saturated rings. The standard InChI is InChI=1S/C20H25N5O3/c1-3-28-20(27)25-11-9-24(10-12-25)18(26)17-13-15(2)22-19(23-17)21-14-16-7-5-4-6-8-16/h4-8,13H,3,9-12,14H2,1-2H3,(H,21,22,23). The van der Waals surface area contributed by atoms with Gasteiger partial charge in [0.15, 0.2) is 0 Å². The van der Waals surface area contributed by atoms with Gasteiger partial charge in [0.25, 0.3) is 5.91 Å². The first kappa shape index (κ1) is 19.6. The zero-order chi connectivity index (χ0) is 19.9. The zero-order valence-electron chi connectivity index (χ0n) is 16.2. The topological polar surface area (TPSA) is 87.7 Å². The lowest BCUT2D eigenvalue weighted by Gasteiger charge is -2.33. The molecule has 1 aromatic heterocycles. The van der Waals surface area contributed by atoms with Crippen LogP contribution in [0.15, 0.2) is 36.4 Å². The third kappa shape index (κ3) is 4.97. The van der Waals surface area contributed by atoms with Crippen LogP contribution in [0.1, 0.15) is 28.7 Å². The van der Waals surface area contributed by atoms with E-state index in [4.69, 9.17) is 4.74 Å². The second-order valence-corrected chi connectivity index (χ2v) is 6.54. The van der Waals surface area contributed by atoms with Gasteiger partial charge < -0.3 is 19.9 Å². The maximum Gasteiger partial charge on any atom is 0.409 e. The van der Waals surface area contributed by atoms with Crippen LogP contribution in [0, 0.1) is 6.92 Å². The monoisotopic (exact) mass is 383 g/mol. The second kappa shape index (κ2) is 9.16. The Bertz CT molecular complexity index is 820. The molecular weight excluding hydrogens is 358 g/mol. The number of piperazine rings is 1. The summed E-state index contributed by atoms with van der Waals surface area (Å²) >= 11 is 0. The first-order valence-corrected chi connectivity index (χ1v) is 9.41. The number of nitrogens with one attached hydrogen (secondary N) is 1. The highest BCUT2D eigenvalue weighted by Crippen LogP contribution is 2.12. The summed E-state index contributed by atoms with van der Waals surface area (Å²) in [5.41, 5.74) is 2.18. The van der Waals surface area contributed by atoms with Crippen molar-refractivity contribution in [2.45, 2.75) is 20.4 Å². The van der Waals surface area contributed by atoms with Crippen LogP contribution in [0.25, 0.3) is 0 Å². The molecule has 2 aromatic rings. The first-order chi connectivity index (χ1) is 13.6. The van der Waals surface area contributed by atoms with Gasteiger partial charge in [0, 0.05) is 38.4 Å². The van der Waals surface area contributed by atoms with E-state index in [0.29, 0.717) is 51.0 Å². The zero-order valence-corrected chi connectivity index (χ0v) is 16.2. The molecule has 1 aromatic carbocycles. The Morgan fingerprint density at radius 3 is 2.43 bits per heavy atom. The molecule has 2 heterocycles. The lowest BCUT2D eigenvalue weighted by molar-refractivity contribution is 0.0566. The van der Waals surface area contributed by atoms with Gasteiger partial charge in [-0.3, -0.25) is 4.79 Å². The second-order valence-electron chi connectivity index (χ2n) is 6.54. The summed E-state index contributed by atoms with van der Waals surface area (Å²) in [7, 11) is 0. The maximum absolute atomic E-state index is 12.9. The van der Waals surface area contributed by atoms with Crippen molar-refractivity contribution in [2.75, 3.05) is 38.1 Å². The number of ether oxygens (including phenoxy) is 1. The number of hydrogen-bond acceptors (Lipinski definition) is 6. The molecule has 0 unspecified atom stereocenters. The summed E-state index contributed by atoms with van der Waals surface area (Å²) < 4.78 is 5.01. The molecule has 3 rings (SSSR count). The highest BCUT2D eigenvalue weighted by Gasteiger charge is 2.26. The van der Waals surface area contributed by atoms with Gasteiger partial charge in [0.2, 0.25) is 5.95 Å². The van der Waals surface area contributed by atoms with Crippen LogP contribution in [0.3, 0.4) is 0 Å². The van der Waals surface area contributed by atoms with Crippen LogP contribution >= 0.6 is 0 Å². The SMILES string of the molecule is CCOC(=O)N1CCN(C(=O)c2cc(C)nc(NCc3ccccc3)n2)CC1. The molecule has 28 heavy (non-hydrogen) atoms. The molecule has 0 bridgehead atoms. The summed E-state index contributed by atoms with van der Waals surface area (Å²) in [6, 6.07) is 11.6. The van der Waals surface area contributed by atoms with E-state index in [9.17, 15) is 9.59 Å². The average Bonchev–Trinajstić information content (AvgIpc) is 2.72. The van der Waals surface area contributed by atoms with E-state index in [1.54, 1.807) is 22.8 Å². The Balaban J connectivity index is 1.62. The third-order valence-corrected chi connectivity index (χ3v) is 4.46. The molecule has 0 aliphatic carbocycles. The molecule has 8 heteroatoms. The fraction of sp³-hybridized carbons (Fsp3) is 0.400. The fourth-order valence-electron chi connectivity index (χ4n) is 3.00. The van der Waals surface area contributed by atoms with E-state index < -0.39 is 0 Å². The van der Waals surface area contributed by atoms with E-state index in [0.717, 1.165) is 11.3 Å². The van der Waals surface area contributed by atoms with E-state index in [-0.39, 0.29) is 12.0 Å². The van der Waals surface area contributed by atoms with Gasteiger partial charge in [-0.05, 0) is 25.5 Å². The Kier molecular flexibility index (Phi) is 6.41. The van der Waals surface area contributed by atoms with E-state index in [1.807, 2.05) is 37.3 Å². The van der Waals surface area contributed by atoms with E-state index >= 15 is 0 Å². The minimum Gasteiger partial charge on any atom is -0.450 e. The van der Waals surface area contributed by atoms with Gasteiger partial charge in [-0.25, -0.2) is 14.8 Å². The molecule has 1 N–H and O–H groups in total. The molecule has 148 valence electrons. The van der Waals surface area contributed by atoms with Gasteiger partial charge in [-0.15, -0.1) is 0 Å². The van der Waals surface area contributed by atoms with Gasteiger partial charge in [-0.1, -0.05) is 30.3 Å². The van der Waals surface area contributed by atoms with E-state index in [2.05, 4.69) is 15.3 Å². The molecule has 1 aliphatic heterocycles. The Hall–Kier alpha value is -3.16. The number of hydrogen-bond donors (Lipinski definition) is 1. The highest BCUT2D eigenvalue weighted by molar-refractivity contribution is 5.92. The number of aryl methyl sites for hydroxylation is 1. The number of carbonyl (C=O) groups is 2. The highest BCUT2D eigenvalue weighted by atomic mass is 16.6. The van der Waals surface area contributed by atoms with Crippen LogP contribution in [0.4, 0.5) is 10.7 Å². The predicted molar refractivity (Wildman–Crippen MR) is 105 cm³/mol. The normalized spacial score (nSPS) is 13.9. The molecule has 8 nitrogen and oxygen atoms in total. The number of benzene rings is 1. The van der Waals surface area contributed by atoms with Crippen molar-refractivity contribution in [3.05, 3.63) is 53.3 Å². The lowest BCUT2D eigenvalue weighted by atomic mass is 10.2. The molecule has 0 atom stereocenters. The number of aromatic nitrogens is 2. The Labute approximate surface area is 164 Å². The van der Waals surface area contributed by atoms with Crippen molar-refractivity contribution in [1.82, 2.24) is 19.8 Å². The van der Waals surface area contributed by atoms with Gasteiger partial charge >= 0.3 is 6.09 Å². The van der Waals surface area contributed by atoms with Gasteiger partial charge in [-0.2, -0.15) is 0 Å². The first-order valence-electron chi connectivity index (χ1n) is 9.41. The summed E-state index contributed by atoms with van der Waals surface area (Å²) in [5, 5.41) is 3.17. The van der Waals surface area contributed by atoms with Crippen LogP contribution < -0.4 is 5.32 Å². The van der Waals surface area contributed by atoms with Crippen molar-refractivity contribution in [3.8, 4) is 0 Å². The molecular formula is C20H25N5O3. The molecule has 1 saturated heterocycles. The van der Waals surface area contributed by atoms with Crippen molar-refractivity contribution in [3.63, 3.8) is 0 Å². The quantitative estimate of drug-likeness (QED) is 0.853. The molecule has 2 amide bonds. The van der Waals surface area contributed by atoms with E-state index in [1.165, 1.54) is 0 Å². The number of rotatable bonds is 5. The molecule has 0 saturated carbocycles. The minimum atomic E-state index is -0.333. The molecule has 0 radical (unpaired) electrons. The van der Waals surface area contributed by atoms with Crippen LogP contribution in [-0.4, -0.2) is 64.6 Å². The maximum atomic E-state index is 12.9. The summed E-state index contributed by atoms with van der Waals surface area (Å²) in [5.74, 6) is 0.272. The van der Waals surface area contributed by atoms with Crippen LogP contribution in [0.5, 0.6) is 0 Å². The fourth-order valence-corrected chi connectivity index (χ4v) is 3.00. The third-order valence-electron chi connectivity index (χ3n) is 4.46. The minimum absolute atomic E-state index is 0.156. The Morgan fingerprint density at radius 2 is 1.75 bits per heavy atom. The Morgan fingerprint density at radius 1 is 1.07 bits per heavy atom. The summed E-state index contributed by atoms with van der Waals surface area (Å²) in [4.78, 5) is 36.7. The number of amides is 2. The summed E-state index contributed by atoms with van der Waals surface area (Å²) in [6.45, 7) is 6.35. The molecule has 1 aliphatic rings. The van der Waals surface area contributed by atoms with Gasteiger partial charge in [0.1, 0.15) is 5.69 Å². The smallest absolute Gasteiger partial charge is 0.409 e. The lowest BCUT2D eigenvalue weighted by Crippen LogP contribution is -2.50. The van der Waals surface area contributed by atoms with Crippen molar-refractivity contribution >= 4 is 17.9 Å². The number of carbonyl (C=O) groups excluding carboxylic acids is 2. The predicted octanol–water partition coefficient (Wildman–Crippen LogP) is 2.31. The molecule has 0 spiro atoms. The average molecular weight is 383 g/mol. The van der Waals surface area contributed by atoms with Crippen molar-refractivity contribution in [2.24, 2.45) is 0 Å². The van der Waals surface area contributed by atoms with Crippen molar-refractivity contribution < 1.29 is 14.3 Å². The van der Waals surface area contributed by atoms with Crippen molar-refractivity contribution in [1.29, 1.82) is 0 Å². The van der Waals surface area contributed by atoms with Gasteiger partial charge in [0.05, 0.1) is 6.61 Å². The number of anilines is 1. The summed E-state index contributed by atoms with van der Waals surface area (Å²) in [6.07, 6.45) is -0.333. The van der Waals surface area contributed by atoms with Crippen LogP contribution in [0.2, 0.25) is 0 Å². The largest absolute Gasteiger partial charge is 0.450 e.